The van der Waals surface area contributed by atoms with Crippen LogP contribution in [-0.4, -0.2) is 0 Å². The summed E-state index contributed by atoms with van der Waals surface area (Å²) in [5.41, 5.74) is 25.2. The molecule has 340 valence electrons. The van der Waals surface area contributed by atoms with E-state index in [4.69, 9.17) is 0 Å². The van der Waals surface area contributed by atoms with Crippen molar-refractivity contribution in [2.24, 2.45) is 0 Å². The lowest BCUT2D eigenvalue weighted by Crippen LogP contribution is -2.28. The third-order valence-corrected chi connectivity index (χ3v) is 16.4. The van der Waals surface area contributed by atoms with Crippen LogP contribution in [0.5, 0.6) is 0 Å². The van der Waals surface area contributed by atoms with Crippen molar-refractivity contribution >= 4 is 17.1 Å². The van der Waals surface area contributed by atoms with Crippen molar-refractivity contribution in [2.45, 2.75) is 30.1 Å². The highest BCUT2D eigenvalue weighted by Crippen LogP contribution is 2.61. The van der Waals surface area contributed by atoms with Crippen molar-refractivity contribution in [2.75, 3.05) is 4.90 Å². The fourth-order valence-electron chi connectivity index (χ4n) is 13.4. The van der Waals surface area contributed by atoms with Crippen molar-refractivity contribution in [1.82, 2.24) is 0 Å². The van der Waals surface area contributed by atoms with Crippen LogP contribution in [0.3, 0.4) is 0 Å². The van der Waals surface area contributed by atoms with E-state index in [1.54, 1.807) is 0 Å². The van der Waals surface area contributed by atoms with Crippen LogP contribution in [0.4, 0.5) is 17.1 Å². The molecule has 0 amide bonds. The molecule has 0 unspecified atom stereocenters. The van der Waals surface area contributed by atoms with Crippen molar-refractivity contribution in [1.29, 1.82) is 0 Å². The molecular formula is C71H51N. The normalized spacial score (nSPS) is 14.6. The highest BCUT2D eigenvalue weighted by atomic mass is 15.1. The van der Waals surface area contributed by atoms with Gasteiger partial charge in [0.15, 0.2) is 0 Å². The van der Waals surface area contributed by atoms with E-state index in [0.717, 1.165) is 17.1 Å². The first-order valence-corrected chi connectivity index (χ1v) is 25.3. The van der Waals surface area contributed by atoms with Gasteiger partial charge in [-0.05, 0) is 131 Å². The van der Waals surface area contributed by atoms with Crippen LogP contribution in [0, 0.1) is 0 Å². The molecule has 0 atom stereocenters. The first-order valence-electron chi connectivity index (χ1n) is 25.3. The number of rotatable bonds is 8. The van der Waals surface area contributed by atoms with Crippen LogP contribution < -0.4 is 4.90 Å². The molecule has 3 aliphatic rings. The first kappa shape index (κ1) is 42.1. The van der Waals surface area contributed by atoms with Crippen LogP contribution in [0.25, 0.3) is 44.5 Å². The van der Waals surface area contributed by atoms with Gasteiger partial charge in [-0.25, -0.2) is 0 Å². The summed E-state index contributed by atoms with van der Waals surface area (Å²) in [4.78, 5) is 2.54. The molecule has 0 saturated heterocycles. The Labute approximate surface area is 423 Å². The summed E-state index contributed by atoms with van der Waals surface area (Å²) < 4.78 is 0. The molecule has 0 N–H and O–H groups in total. The summed E-state index contributed by atoms with van der Waals surface area (Å²) >= 11 is 0. The molecule has 14 rings (SSSR count). The number of benzene rings is 11. The average Bonchev–Trinajstić information content (AvgIpc) is 4.01. The molecule has 0 heterocycles. The second kappa shape index (κ2) is 16.1. The number of anilines is 3. The number of hydrogen-bond donors (Lipinski definition) is 0. The van der Waals surface area contributed by atoms with Crippen molar-refractivity contribution in [3.8, 4) is 44.5 Å². The molecule has 0 aromatic heterocycles. The molecule has 0 bridgehead atoms. The van der Waals surface area contributed by atoms with Gasteiger partial charge in [-0.1, -0.05) is 250 Å². The van der Waals surface area contributed by atoms with E-state index in [1.165, 1.54) is 100 Å². The van der Waals surface area contributed by atoms with Crippen LogP contribution in [0.1, 0.15) is 69.5 Å². The SMILES string of the molecule is CC1(C)c2ccccc2-c2ccc(N(c3cccc(-c4ccc5c(c4)-c4ccccc4C5(c4ccccc4)c4ccccc4)c3)c3cccc4c3-c3ccccc3C4(c3ccccc3)c3ccccc3)cc21. The van der Waals surface area contributed by atoms with Crippen LogP contribution >= 0.6 is 0 Å². The molecule has 0 spiro atoms. The minimum absolute atomic E-state index is 0.175. The third-order valence-electron chi connectivity index (χ3n) is 16.4. The molecule has 11 aromatic rings. The first-order chi connectivity index (χ1) is 35.5. The molecule has 0 radical (unpaired) electrons. The zero-order valence-electron chi connectivity index (χ0n) is 40.4. The van der Waals surface area contributed by atoms with Gasteiger partial charge in [-0.3, -0.25) is 0 Å². The van der Waals surface area contributed by atoms with E-state index in [-0.39, 0.29) is 5.41 Å². The molecule has 1 nitrogen and oxygen atoms in total. The zero-order valence-corrected chi connectivity index (χ0v) is 40.4. The number of nitrogens with zero attached hydrogens (tertiary/aromatic N) is 1. The van der Waals surface area contributed by atoms with Gasteiger partial charge in [0.05, 0.1) is 16.5 Å². The maximum atomic E-state index is 2.54. The lowest BCUT2D eigenvalue weighted by atomic mass is 9.67. The minimum Gasteiger partial charge on any atom is -0.310 e. The highest BCUT2D eigenvalue weighted by Gasteiger charge is 2.48. The fraction of sp³-hybridized carbons (Fsp3) is 0.0704. The van der Waals surface area contributed by atoms with Crippen LogP contribution in [-0.2, 0) is 16.2 Å². The monoisotopic (exact) mass is 917 g/mol. The Morgan fingerprint density at radius 3 is 1.31 bits per heavy atom. The van der Waals surface area contributed by atoms with E-state index >= 15 is 0 Å². The highest BCUT2D eigenvalue weighted by molar-refractivity contribution is 5.99. The summed E-state index contributed by atoms with van der Waals surface area (Å²) in [6.45, 7) is 4.76. The average molecular weight is 918 g/mol. The second-order valence-corrected chi connectivity index (χ2v) is 20.3. The van der Waals surface area contributed by atoms with Crippen LogP contribution in [0.2, 0.25) is 0 Å². The largest absolute Gasteiger partial charge is 0.310 e. The lowest BCUT2D eigenvalue weighted by Gasteiger charge is -2.34. The Hall–Kier alpha value is -8.78. The van der Waals surface area contributed by atoms with E-state index in [2.05, 4.69) is 292 Å². The van der Waals surface area contributed by atoms with Crippen LogP contribution in [0.15, 0.2) is 273 Å². The Bertz CT molecular complexity index is 3810. The van der Waals surface area contributed by atoms with Crippen molar-refractivity contribution in [3.63, 3.8) is 0 Å². The van der Waals surface area contributed by atoms with Gasteiger partial charge in [0.2, 0.25) is 0 Å². The smallest absolute Gasteiger partial charge is 0.0714 e. The molecule has 72 heavy (non-hydrogen) atoms. The summed E-state index contributed by atoms with van der Waals surface area (Å²) in [5.74, 6) is 0. The Morgan fingerprint density at radius 2 is 0.694 bits per heavy atom. The summed E-state index contributed by atoms with van der Waals surface area (Å²) in [7, 11) is 0. The van der Waals surface area contributed by atoms with E-state index in [0.29, 0.717) is 0 Å². The number of hydrogen-bond acceptors (Lipinski definition) is 1. The maximum absolute atomic E-state index is 2.54. The van der Waals surface area contributed by atoms with Gasteiger partial charge in [0, 0.05) is 22.4 Å². The maximum Gasteiger partial charge on any atom is 0.0714 e. The molecule has 0 fully saturated rings. The molecule has 3 aliphatic carbocycles. The summed E-state index contributed by atoms with van der Waals surface area (Å²) in [5, 5.41) is 0. The Balaban J connectivity index is 0.997. The zero-order chi connectivity index (χ0) is 48.0. The Morgan fingerprint density at radius 1 is 0.264 bits per heavy atom. The summed E-state index contributed by atoms with van der Waals surface area (Å²) in [6.07, 6.45) is 0. The Kier molecular flexibility index (Phi) is 9.44. The van der Waals surface area contributed by atoms with E-state index in [1.807, 2.05) is 0 Å². The van der Waals surface area contributed by atoms with Gasteiger partial charge in [-0.2, -0.15) is 0 Å². The van der Waals surface area contributed by atoms with E-state index < -0.39 is 10.8 Å². The molecule has 0 aliphatic heterocycles. The third kappa shape index (κ3) is 5.89. The quantitative estimate of drug-likeness (QED) is 0.147. The van der Waals surface area contributed by atoms with E-state index in [9.17, 15) is 0 Å². The molecule has 1 heteroatoms. The predicted octanol–water partition coefficient (Wildman–Crippen LogP) is 17.9. The van der Waals surface area contributed by atoms with Crippen molar-refractivity contribution < 1.29 is 0 Å². The minimum atomic E-state index is -0.533. The van der Waals surface area contributed by atoms with Gasteiger partial charge >= 0.3 is 0 Å². The molecule has 11 aromatic carbocycles. The van der Waals surface area contributed by atoms with Gasteiger partial charge in [0.1, 0.15) is 0 Å². The topological polar surface area (TPSA) is 3.24 Å². The summed E-state index contributed by atoms with van der Waals surface area (Å²) in [6, 6.07) is 102. The van der Waals surface area contributed by atoms with Gasteiger partial charge in [-0.15, -0.1) is 0 Å². The lowest BCUT2D eigenvalue weighted by molar-refractivity contribution is 0.660. The van der Waals surface area contributed by atoms with Crippen molar-refractivity contribution in [3.05, 3.63) is 329 Å². The molecular weight excluding hydrogens is 867 g/mol. The fourth-order valence-corrected chi connectivity index (χ4v) is 13.4. The van der Waals surface area contributed by atoms with Gasteiger partial charge < -0.3 is 4.90 Å². The second-order valence-electron chi connectivity index (χ2n) is 20.3. The van der Waals surface area contributed by atoms with Gasteiger partial charge in [0.25, 0.3) is 0 Å². The number of fused-ring (bicyclic) bond motifs is 9. The standard InChI is InChI=1S/C71H51N/c1-69(2)61-36-18-15-33-56(61)58-43-42-55(47-66(58)69)72(67-40-22-39-65-68(67)59-35-17-20-38-63(59)71(65,52-28-11-5-12-29-52)53-30-13-6-14-31-53)54-32-21-23-48(45-54)49-41-44-64-60(46-49)57-34-16-19-37-62(57)70(64,50-24-7-3-8-25-50)51-26-9-4-10-27-51/h3-47H,1-2H3. The predicted molar refractivity (Wildman–Crippen MR) is 299 cm³/mol. The molecule has 0 saturated carbocycles.